The minimum atomic E-state index is 0.219. The molecule has 0 spiro atoms. The van der Waals surface area contributed by atoms with Crippen molar-refractivity contribution in [2.45, 2.75) is 13.8 Å². The highest BCUT2D eigenvalue weighted by Gasteiger charge is 2.34. The van der Waals surface area contributed by atoms with Gasteiger partial charge in [0.2, 0.25) is 6.71 Å². The molecule has 0 unspecified atom stereocenters. The van der Waals surface area contributed by atoms with Crippen LogP contribution in [0.5, 0.6) is 0 Å². The van der Waals surface area contributed by atoms with Crippen molar-refractivity contribution in [3.05, 3.63) is 102 Å². The van der Waals surface area contributed by atoms with Crippen LogP contribution in [0.4, 0.5) is 17.2 Å². The van der Waals surface area contributed by atoms with Gasteiger partial charge in [0, 0.05) is 17.6 Å². The molecule has 3 heteroatoms. The van der Waals surface area contributed by atoms with Crippen molar-refractivity contribution in [3.63, 3.8) is 0 Å². The highest BCUT2D eigenvalue weighted by molar-refractivity contribution is 6.98. The molecule has 0 amide bonds. The van der Waals surface area contributed by atoms with E-state index >= 15 is 0 Å². The van der Waals surface area contributed by atoms with Crippen molar-refractivity contribution in [1.82, 2.24) is 4.98 Å². The lowest BCUT2D eigenvalue weighted by atomic mass is 9.35. The molecule has 1 aliphatic rings. The first kappa shape index (κ1) is 16.8. The molecule has 28 heavy (non-hydrogen) atoms. The minimum absolute atomic E-state index is 0.219. The standard InChI is InChI=1S/C25H21BN2/c1-18-16-25(27-17-19(18)2)28-23-14-8-6-12-21(23)26(20-10-4-3-5-11-20)22-13-7-9-15-24(22)28/h3-17H,1-2H3. The second-order valence-corrected chi connectivity index (χ2v) is 7.42. The van der Waals surface area contributed by atoms with Gasteiger partial charge in [-0.15, -0.1) is 0 Å². The molecule has 0 fully saturated rings. The summed E-state index contributed by atoms with van der Waals surface area (Å²) in [6, 6.07) is 30.4. The van der Waals surface area contributed by atoms with E-state index < -0.39 is 0 Å². The maximum atomic E-state index is 4.78. The molecule has 0 saturated carbocycles. The van der Waals surface area contributed by atoms with E-state index in [0.29, 0.717) is 0 Å². The fourth-order valence-electron chi connectivity index (χ4n) is 4.15. The molecular weight excluding hydrogens is 339 g/mol. The van der Waals surface area contributed by atoms with E-state index in [1.807, 2.05) is 6.20 Å². The van der Waals surface area contributed by atoms with E-state index in [1.54, 1.807) is 0 Å². The van der Waals surface area contributed by atoms with Gasteiger partial charge in [-0.3, -0.25) is 4.90 Å². The summed E-state index contributed by atoms with van der Waals surface area (Å²) in [4.78, 5) is 7.09. The second-order valence-electron chi connectivity index (χ2n) is 7.42. The maximum absolute atomic E-state index is 4.78. The van der Waals surface area contributed by atoms with Crippen molar-refractivity contribution >= 4 is 40.3 Å². The average molecular weight is 360 g/mol. The number of fused-ring (bicyclic) bond motifs is 2. The highest BCUT2D eigenvalue weighted by Crippen LogP contribution is 2.34. The highest BCUT2D eigenvalue weighted by atomic mass is 15.2. The monoisotopic (exact) mass is 360 g/mol. The molecule has 0 saturated heterocycles. The Balaban J connectivity index is 1.79. The van der Waals surface area contributed by atoms with E-state index in [1.165, 1.54) is 38.9 Å². The molecule has 2 nitrogen and oxygen atoms in total. The summed E-state index contributed by atoms with van der Waals surface area (Å²) >= 11 is 0. The van der Waals surface area contributed by atoms with Crippen LogP contribution < -0.4 is 21.3 Å². The molecule has 4 aromatic rings. The SMILES string of the molecule is Cc1cnc(N2c3ccccc3B(c3ccccc3)c3ccccc32)cc1C. The summed E-state index contributed by atoms with van der Waals surface area (Å²) in [7, 11) is 0. The van der Waals surface area contributed by atoms with Gasteiger partial charge >= 0.3 is 0 Å². The lowest BCUT2D eigenvalue weighted by Gasteiger charge is -2.36. The molecule has 0 radical (unpaired) electrons. The number of hydrogen-bond acceptors (Lipinski definition) is 2. The normalized spacial score (nSPS) is 12.5. The zero-order valence-electron chi connectivity index (χ0n) is 16.1. The summed E-state index contributed by atoms with van der Waals surface area (Å²) in [5.41, 5.74) is 8.81. The fraction of sp³-hybridized carbons (Fsp3) is 0.0800. The van der Waals surface area contributed by atoms with Crippen molar-refractivity contribution in [2.75, 3.05) is 4.90 Å². The van der Waals surface area contributed by atoms with E-state index in [4.69, 9.17) is 4.98 Å². The van der Waals surface area contributed by atoms with Crippen LogP contribution in [0.1, 0.15) is 11.1 Å². The topological polar surface area (TPSA) is 16.1 Å². The van der Waals surface area contributed by atoms with Crippen molar-refractivity contribution in [3.8, 4) is 0 Å². The number of para-hydroxylation sites is 2. The Hall–Kier alpha value is -3.33. The molecule has 3 aromatic carbocycles. The van der Waals surface area contributed by atoms with Crippen molar-refractivity contribution < 1.29 is 0 Å². The van der Waals surface area contributed by atoms with Crippen molar-refractivity contribution in [1.29, 1.82) is 0 Å². The van der Waals surface area contributed by atoms with Crippen LogP contribution in [0, 0.1) is 13.8 Å². The molecule has 0 atom stereocenters. The minimum Gasteiger partial charge on any atom is -0.296 e. The largest absolute Gasteiger partial charge is 0.296 e. The Labute approximate surface area is 166 Å². The lowest BCUT2D eigenvalue weighted by molar-refractivity contribution is 1.14. The Bertz CT molecular complexity index is 1110. The van der Waals surface area contributed by atoms with Gasteiger partial charge in [-0.05, 0) is 54.1 Å². The molecule has 5 rings (SSSR count). The van der Waals surface area contributed by atoms with E-state index in [2.05, 4.69) is 104 Å². The zero-order chi connectivity index (χ0) is 19.1. The van der Waals surface area contributed by atoms with Gasteiger partial charge in [-0.2, -0.15) is 0 Å². The Morgan fingerprint density at radius 2 is 1.25 bits per heavy atom. The average Bonchev–Trinajstić information content (AvgIpc) is 2.74. The number of hydrogen-bond donors (Lipinski definition) is 0. The van der Waals surface area contributed by atoms with Crippen LogP contribution in [0.3, 0.4) is 0 Å². The summed E-state index contributed by atoms with van der Waals surface area (Å²) in [6.07, 6.45) is 1.97. The second kappa shape index (κ2) is 6.68. The summed E-state index contributed by atoms with van der Waals surface area (Å²) in [5.74, 6) is 0.967. The number of aromatic nitrogens is 1. The number of benzene rings is 3. The first-order chi connectivity index (χ1) is 13.7. The van der Waals surface area contributed by atoms with Gasteiger partial charge in [0.05, 0.1) is 0 Å². The quantitative estimate of drug-likeness (QED) is 0.443. The van der Waals surface area contributed by atoms with Crippen LogP contribution in [-0.4, -0.2) is 11.7 Å². The van der Waals surface area contributed by atoms with Crippen LogP contribution in [0.25, 0.3) is 0 Å². The first-order valence-corrected chi connectivity index (χ1v) is 9.70. The zero-order valence-corrected chi connectivity index (χ0v) is 16.1. The van der Waals surface area contributed by atoms with Gasteiger partial charge in [0.15, 0.2) is 0 Å². The summed E-state index contributed by atoms with van der Waals surface area (Å²) in [5, 5.41) is 0. The molecule has 2 heterocycles. The van der Waals surface area contributed by atoms with Crippen LogP contribution in [-0.2, 0) is 0 Å². The van der Waals surface area contributed by atoms with Gasteiger partial charge in [0.1, 0.15) is 5.82 Å². The molecule has 0 N–H and O–H groups in total. The molecule has 0 bridgehead atoms. The first-order valence-electron chi connectivity index (χ1n) is 9.70. The molecule has 1 aliphatic heterocycles. The Morgan fingerprint density at radius 1 is 0.679 bits per heavy atom. The third kappa shape index (κ3) is 2.63. The number of anilines is 3. The number of aryl methyl sites for hydroxylation is 2. The molecule has 1 aromatic heterocycles. The lowest BCUT2D eigenvalue weighted by Crippen LogP contribution is -2.57. The smallest absolute Gasteiger partial charge is 0.246 e. The molecule has 0 aliphatic carbocycles. The van der Waals surface area contributed by atoms with Crippen LogP contribution >= 0.6 is 0 Å². The summed E-state index contributed by atoms with van der Waals surface area (Å²) < 4.78 is 0. The van der Waals surface area contributed by atoms with E-state index in [0.717, 1.165) is 5.82 Å². The van der Waals surface area contributed by atoms with Crippen LogP contribution in [0.15, 0.2) is 91.1 Å². The molecular formula is C25H21BN2. The number of pyridine rings is 1. The number of nitrogens with zero attached hydrogens (tertiary/aromatic N) is 2. The van der Waals surface area contributed by atoms with Gasteiger partial charge < -0.3 is 0 Å². The van der Waals surface area contributed by atoms with Gasteiger partial charge in [-0.1, -0.05) is 72.2 Å². The van der Waals surface area contributed by atoms with Gasteiger partial charge in [0.25, 0.3) is 0 Å². The number of rotatable bonds is 2. The Kier molecular flexibility index (Phi) is 4.02. The fourth-order valence-corrected chi connectivity index (χ4v) is 4.15. The van der Waals surface area contributed by atoms with E-state index in [-0.39, 0.29) is 6.71 Å². The third-order valence-corrected chi connectivity index (χ3v) is 5.70. The van der Waals surface area contributed by atoms with Crippen LogP contribution in [0.2, 0.25) is 0 Å². The predicted octanol–water partition coefficient (Wildman–Crippen LogP) is 4.00. The summed E-state index contributed by atoms with van der Waals surface area (Å²) in [6.45, 7) is 4.47. The third-order valence-electron chi connectivity index (χ3n) is 5.70. The van der Waals surface area contributed by atoms with Gasteiger partial charge in [-0.25, -0.2) is 4.98 Å². The van der Waals surface area contributed by atoms with E-state index in [9.17, 15) is 0 Å². The predicted molar refractivity (Wildman–Crippen MR) is 119 cm³/mol. The maximum Gasteiger partial charge on any atom is 0.246 e. The van der Waals surface area contributed by atoms with Crippen molar-refractivity contribution in [2.24, 2.45) is 0 Å². The Morgan fingerprint density at radius 3 is 1.86 bits per heavy atom. The molecule has 134 valence electrons.